The summed E-state index contributed by atoms with van der Waals surface area (Å²) in [6.45, 7) is 2.47. The molecule has 0 radical (unpaired) electrons. The standard InChI is InChI=1S/C24H34N2O2/c27-23(19-9-5-2-6-10-19)25-14-17-13-20(16-25)22-12-11-21(24(28)26(22)15-17)18-7-3-1-4-8-18/h11-12,17-20H,1-10,13-16H2. The van der Waals surface area contributed by atoms with E-state index in [2.05, 4.69) is 21.6 Å². The van der Waals surface area contributed by atoms with E-state index in [-0.39, 0.29) is 11.5 Å². The van der Waals surface area contributed by atoms with Crippen LogP contribution < -0.4 is 5.56 Å². The molecule has 1 aromatic rings. The van der Waals surface area contributed by atoms with Gasteiger partial charge in [0.1, 0.15) is 0 Å². The van der Waals surface area contributed by atoms with Crippen molar-refractivity contribution in [1.82, 2.24) is 9.47 Å². The lowest BCUT2D eigenvalue weighted by Gasteiger charge is -2.44. The Morgan fingerprint density at radius 3 is 2.29 bits per heavy atom. The number of fused-ring (bicyclic) bond motifs is 4. The fourth-order valence-electron chi connectivity index (χ4n) is 6.47. The number of amides is 1. The molecule has 5 rings (SSSR count). The van der Waals surface area contributed by atoms with Gasteiger partial charge in [-0.25, -0.2) is 0 Å². The van der Waals surface area contributed by atoms with Crippen molar-refractivity contribution in [2.24, 2.45) is 11.8 Å². The van der Waals surface area contributed by atoms with Gasteiger partial charge in [-0.05, 0) is 50.0 Å². The third-order valence-electron chi connectivity index (χ3n) is 7.94. The molecule has 0 aromatic carbocycles. The molecule has 28 heavy (non-hydrogen) atoms. The zero-order chi connectivity index (χ0) is 19.1. The SMILES string of the molecule is O=C(C1CCCCC1)N1CC2CC(C1)c1ccc(C3CCCCC3)c(=O)n1C2. The van der Waals surface area contributed by atoms with Crippen molar-refractivity contribution in [3.63, 3.8) is 0 Å². The molecule has 152 valence electrons. The molecule has 4 heteroatoms. The predicted molar refractivity (Wildman–Crippen MR) is 111 cm³/mol. The van der Waals surface area contributed by atoms with Gasteiger partial charge in [-0.15, -0.1) is 0 Å². The summed E-state index contributed by atoms with van der Waals surface area (Å²) < 4.78 is 2.09. The van der Waals surface area contributed by atoms with Crippen molar-refractivity contribution in [3.8, 4) is 0 Å². The molecule has 1 saturated heterocycles. The van der Waals surface area contributed by atoms with Crippen LogP contribution in [0.5, 0.6) is 0 Å². The third-order valence-corrected chi connectivity index (χ3v) is 7.94. The molecule has 1 amide bonds. The van der Waals surface area contributed by atoms with Gasteiger partial charge in [0.15, 0.2) is 0 Å². The highest BCUT2D eigenvalue weighted by Gasteiger charge is 2.38. The number of likely N-dealkylation sites (tertiary alicyclic amines) is 1. The second-order valence-corrected chi connectivity index (χ2v) is 9.84. The first-order valence-electron chi connectivity index (χ1n) is 11.7. The normalized spacial score (nSPS) is 28.8. The minimum absolute atomic E-state index is 0.253. The van der Waals surface area contributed by atoms with Crippen LogP contribution in [0.2, 0.25) is 0 Å². The second-order valence-electron chi connectivity index (χ2n) is 9.84. The molecule has 4 aliphatic rings. The first-order chi connectivity index (χ1) is 13.7. The molecule has 2 bridgehead atoms. The smallest absolute Gasteiger partial charge is 0.254 e. The van der Waals surface area contributed by atoms with E-state index in [9.17, 15) is 9.59 Å². The number of carbonyl (C=O) groups excluding carboxylic acids is 1. The lowest BCUT2D eigenvalue weighted by atomic mass is 9.80. The average molecular weight is 383 g/mol. The summed E-state index contributed by atoms with van der Waals surface area (Å²) in [5, 5.41) is 0. The summed E-state index contributed by atoms with van der Waals surface area (Å²) in [4.78, 5) is 28.5. The van der Waals surface area contributed by atoms with E-state index in [1.165, 1.54) is 57.1 Å². The molecule has 2 aliphatic carbocycles. The van der Waals surface area contributed by atoms with Gasteiger partial charge in [0.05, 0.1) is 0 Å². The third kappa shape index (κ3) is 3.33. The lowest BCUT2D eigenvalue weighted by Crippen LogP contribution is -2.51. The summed E-state index contributed by atoms with van der Waals surface area (Å²) in [5.74, 6) is 1.89. The van der Waals surface area contributed by atoms with Gasteiger partial charge >= 0.3 is 0 Å². The highest BCUT2D eigenvalue weighted by molar-refractivity contribution is 5.79. The van der Waals surface area contributed by atoms with Crippen LogP contribution in [0.4, 0.5) is 0 Å². The highest BCUT2D eigenvalue weighted by atomic mass is 16.2. The van der Waals surface area contributed by atoms with Crippen LogP contribution in [-0.4, -0.2) is 28.5 Å². The van der Waals surface area contributed by atoms with E-state index in [1.54, 1.807) is 0 Å². The van der Waals surface area contributed by atoms with E-state index in [0.29, 0.717) is 23.7 Å². The van der Waals surface area contributed by atoms with Gasteiger partial charge < -0.3 is 9.47 Å². The maximum atomic E-state index is 13.3. The van der Waals surface area contributed by atoms with Gasteiger partial charge in [-0.1, -0.05) is 44.6 Å². The Kier molecular flexibility index (Phi) is 5.06. The van der Waals surface area contributed by atoms with E-state index in [1.807, 2.05) is 0 Å². The van der Waals surface area contributed by atoms with Crippen molar-refractivity contribution in [3.05, 3.63) is 33.7 Å². The molecule has 2 unspecified atom stereocenters. The molecular formula is C24H34N2O2. The van der Waals surface area contributed by atoms with Crippen molar-refractivity contribution in [1.29, 1.82) is 0 Å². The summed E-state index contributed by atoms with van der Waals surface area (Å²) in [6.07, 6.45) is 13.2. The molecule has 3 fully saturated rings. The Bertz CT molecular complexity index is 786. The fraction of sp³-hybridized carbons (Fsp3) is 0.750. The van der Waals surface area contributed by atoms with Crippen molar-refractivity contribution < 1.29 is 4.79 Å². The monoisotopic (exact) mass is 382 g/mol. The van der Waals surface area contributed by atoms with Gasteiger partial charge in [0, 0.05) is 42.7 Å². The summed E-state index contributed by atoms with van der Waals surface area (Å²) >= 11 is 0. The molecule has 2 saturated carbocycles. The zero-order valence-corrected chi connectivity index (χ0v) is 17.1. The average Bonchev–Trinajstić information content (AvgIpc) is 2.75. The lowest BCUT2D eigenvalue weighted by molar-refractivity contribution is -0.139. The van der Waals surface area contributed by atoms with E-state index < -0.39 is 0 Å². The molecule has 0 spiro atoms. The fourth-order valence-corrected chi connectivity index (χ4v) is 6.47. The van der Waals surface area contributed by atoms with Crippen LogP contribution in [0.3, 0.4) is 0 Å². The Labute approximate surface area is 168 Å². The summed E-state index contributed by atoms with van der Waals surface area (Å²) in [7, 11) is 0. The van der Waals surface area contributed by atoms with E-state index in [0.717, 1.165) is 44.5 Å². The van der Waals surface area contributed by atoms with Gasteiger partial charge in [-0.2, -0.15) is 0 Å². The van der Waals surface area contributed by atoms with Gasteiger partial charge in [-0.3, -0.25) is 9.59 Å². The molecule has 2 aliphatic heterocycles. The number of hydrogen-bond donors (Lipinski definition) is 0. The highest BCUT2D eigenvalue weighted by Crippen LogP contribution is 2.38. The molecule has 1 aromatic heterocycles. The van der Waals surface area contributed by atoms with Crippen molar-refractivity contribution in [2.75, 3.05) is 13.1 Å². The van der Waals surface area contributed by atoms with Crippen LogP contribution in [0, 0.1) is 11.8 Å². The van der Waals surface area contributed by atoms with Crippen molar-refractivity contribution >= 4 is 5.91 Å². The minimum Gasteiger partial charge on any atom is -0.341 e. The first kappa shape index (κ1) is 18.4. The van der Waals surface area contributed by atoms with Crippen LogP contribution in [-0.2, 0) is 11.3 Å². The van der Waals surface area contributed by atoms with Crippen LogP contribution >= 0.6 is 0 Å². The van der Waals surface area contributed by atoms with Crippen LogP contribution in [0.15, 0.2) is 16.9 Å². The summed E-state index contributed by atoms with van der Waals surface area (Å²) in [6, 6.07) is 4.35. The maximum absolute atomic E-state index is 13.3. The molecular weight excluding hydrogens is 348 g/mol. The number of carbonyl (C=O) groups is 1. The number of hydrogen-bond acceptors (Lipinski definition) is 2. The Hall–Kier alpha value is -1.58. The zero-order valence-electron chi connectivity index (χ0n) is 17.1. The quantitative estimate of drug-likeness (QED) is 0.760. The molecule has 3 heterocycles. The Balaban J connectivity index is 1.37. The Morgan fingerprint density at radius 1 is 0.821 bits per heavy atom. The number of nitrogens with zero attached hydrogens (tertiary/aromatic N) is 2. The minimum atomic E-state index is 0.253. The molecule has 0 N–H and O–H groups in total. The molecule has 4 nitrogen and oxygen atoms in total. The van der Waals surface area contributed by atoms with Gasteiger partial charge in [0.2, 0.25) is 5.91 Å². The van der Waals surface area contributed by atoms with Gasteiger partial charge in [0.25, 0.3) is 5.56 Å². The number of aromatic nitrogens is 1. The topological polar surface area (TPSA) is 42.3 Å². The number of pyridine rings is 1. The summed E-state index contributed by atoms with van der Waals surface area (Å²) in [5.41, 5.74) is 2.51. The van der Waals surface area contributed by atoms with Crippen LogP contribution in [0.25, 0.3) is 0 Å². The van der Waals surface area contributed by atoms with Crippen LogP contribution in [0.1, 0.15) is 93.7 Å². The number of rotatable bonds is 2. The van der Waals surface area contributed by atoms with E-state index in [4.69, 9.17) is 0 Å². The van der Waals surface area contributed by atoms with E-state index >= 15 is 0 Å². The maximum Gasteiger partial charge on any atom is 0.254 e. The predicted octanol–water partition coefficient (Wildman–Crippen LogP) is 4.42. The Morgan fingerprint density at radius 2 is 1.54 bits per heavy atom. The largest absolute Gasteiger partial charge is 0.341 e. The number of piperidine rings is 1. The molecule has 2 atom stereocenters. The second kappa shape index (κ2) is 7.68. The van der Waals surface area contributed by atoms with Crippen molar-refractivity contribution in [2.45, 2.75) is 89.0 Å². The first-order valence-corrected chi connectivity index (χ1v) is 11.7.